The van der Waals surface area contributed by atoms with Crippen molar-refractivity contribution in [3.8, 4) is 5.75 Å². The molecule has 50 heavy (non-hydrogen) atoms. The van der Waals surface area contributed by atoms with Crippen LogP contribution in [0.2, 0.25) is 0 Å². The first-order valence-electron chi connectivity index (χ1n) is 18.7. The lowest BCUT2D eigenvalue weighted by atomic mass is 9.45. The second-order valence-electron chi connectivity index (χ2n) is 17.8. The first kappa shape index (κ1) is 38.7. The standard InChI is InChI=1S/C41H64N4O5/c1-26-34-18-31(41(34,6)7)19-35(26)42-39(49)38-37(27(2)47)36(25-46)50-45(38)23-29-13-10-12-28(16-29)21-44(22-30-14-11-15-33(48)17-30)32(24-43(8)9)20-40(3,4)5/h10-17,26-27,31-32,34-38,46-48H,18-25H2,1-9H3,(H,42,49)/t26-,27-,31-,32-,34+,35-,36-,37+,38-/m0/s1. The van der Waals surface area contributed by atoms with Gasteiger partial charge >= 0.3 is 0 Å². The Balaban J connectivity index is 1.37. The largest absolute Gasteiger partial charge is 0.508 e. The molecule has 0 aromatic heterocycles. The number of phenolic OH excluding ortho intramolecular Hbond substituents is 1. The molecule has 0 radical (unpaired) electrons. The summed E-state index contributed by atoms with van der Waals surface area (Å²) in [6, 6.07) is 15.6. The van der Waals surface area contributed by atoms with Crippen LogP contribution in [-0.4, -0.2) is 93.7 Å². The average molecular weight is 693 g/mol. The second-order valence-corrected chi connectivity index (χ2v) is 17.8. The van der Waals surface area contributed by atoms with Crippen molar-refractivity contribution in [1.29, 1.82) is 0 Å². The van der Waals surface area contributed by atoms with Crippen LogP contribution in [0.1, 0.15) is 84.4 Å². The molecule has 2 bridgehead atoms. The highest BCUT2D eigenvalue weighted by Crippen LogP contribution is 2.61. The molecule has 0 spiro atoms. The van der Waals surface area contributed by atoms with Crippen molar-refractivity contribution in [3.05, 3.63) is 65.2 Å². The lowest BCUT2D eigenvalue weighted by Gasteiger charge is -2.62. The Bertz CT molecular complexity index is 1440. The molecule has 3 aliphatic carbocycles. The number of benzene rings is 2. The minimum atomic E-state index is -0.835. The van der Waals surface area contributed by atoms with E-state index in [1.165, 1.54) is 6.42 Å². The van der Waals surface area contributed by atoms with Gasteiger partial charge in [-0.15, -0.1) is 0 Å². The minimum absolute atomic E-state index is 0.0907. The molecule has 4 aliphatic rings. The molecule has 278 valence electrons. The molecule has 9 heteroatoms. The first-order valence-corrected chi connectivity index (χ1v) is 18.7. The third-order valence-corrected chi connectivity index (χ3v) is 12.0. The van der Waals surface area contributed by atoms with Crippen molar-refractivity contribution < 1.29 is 25.0 Å². The van der Waals surface area contributed by atoms with Crippen molar-refractivity contribution in [2.75, 3.05) is 27.2 Å². The number of hydrogen-bond acceptors (Lipinski definition) is 8. The zero-order valence-electron chi connectivity index (χ0n) is 32.0. The molecule has 0 unspecified atom stereocenters. The number of amides is 1. The van der Waals surface area contributed by atoms with Crippen LogP contribution < -0.4 is 5.32 Å². The number of rotatable bonds is 14. The summed E-state index contributed by atoms with van der Waals surface area (Å²) in [6.45, 7) is 17.9. The molecular weight excluding hydrogens is 628 g/mol. The first-order chi connectivity index (χ1) is 23.5. The highest BCUT2D eigenvalue weighted by molar-refractivity contribution is 5.82. The van der Waals surface area contributed by atoms with E-state index in [-0.39, 0.29) is 35.8 Å². The molecule has 4 N–H and O–H groups in total. The molecule has 1 amide bonds. The minimum Gasteiger partial charge on any atom is -0.508 e. The summed E-state index contributed by atoms with van der Waals surface area (Å²) < 4.78 is 0. The van der Waals surface area contributed by atoms with Crippen LogP contribution in [0, 0.1) is 34.5 Å². The van der Waals surface area contributed by atoms with Crippen molar-refractivity contribution in [1.82, 2.24) is 20.2 Å². The van der Waals surface area contributed by atoms with Crippen LogP contribution in [0.25, 0.3) is 0 Å². The molecule has 1 aliphatic heterocycles. The maximum Gasteiger partial charge on any atom is 0.240 e. The summed E-state index contributed by atoms with van der Waals surface area (Å²) in [7, 11) is 4.23. The van der Waals surface area contributed by atoms with E-state index < -0.39 is 24.2 Å². The molecule has 1 heterocycles. The Labute approximate surface area is 300 Å². The van der Waals surface area contributed by atoms with E-state index in [1.54, 1.807) is 18.1 Å². The highest BCUT2D eigenvalue weighted by atomic mass is 16.7. The predicted molar refractivity (Wildman–Crippen MR) is 198 cm³/mol. The number of hydroxylamine groups is 2. The molecular formula is C41H64N4O5. The number of carbonyl (C=O) groups is 1. The van der Waals surface area contributed by atoms with E-state index in [1.807, 2.05) is 12.1 Å². The maximum absolute atomic E-state index is 14.2. The molecule has 4 fully saturated rings. The summed E-state index contributed by atoms with van der Waals surface area (Å²) >= 11 is 0. The molecule has 2 aromatic carbocycles. The van der Waals surface area contributed by atoms with Gasteiger partial charge in [0.15, 0.2) is 0 Å². The summed E-state index contributed by atoms with van der Waals surface area (Å²) in [6.07, 6.45) is 1.70. The Kier molecular flexibility index (Phi) is 12.1. The van der Waals surface area contributed by atoms with Gasteiger partial charge in [0.25, 0.3) is 0 Å². The lowest BCUT2D eigenvalue weighted by Crippen LogP contribution is -2.62. The molecule has 9 nitrogen and oxygen atoms in total. The van der Waals surface area contributed by atoms with Crippen LogP contribution in [0.15, 0.2) is 48.5 Å². The number of nitrogens with zero attached hydrogens (tertiary/aromatic N) is 3. The molecule has 6 rings (SSSR count). The van der Waals surface area contributed by atoms with Gasteiger partial charge in [0.1, 0.15) is 17.9 Å². The van der Waals surface area contributed by atoms with Crippen molar-refractivity contribution in [3.63, 3.8) is 0 Å². The van der Waals surface area contributed by atoms with Gasteiger partial charge in [0.2, 0.25) is 5.91 Å². The Hall–Kier alpha value is -2.53. The van der Waals surface area contributed by atoms with Gasteiger partial charge in [-0.05, 0) is 97.7 Å². The highest BCUT2D eigenvalue weighted by Gasteiger charge is 2.57. The summed E-state index contributed by atoms with van der Waals surface area (Å²) in [5, 5.41) is 36.5. The monoisotopic (exact) mass is 692 g/mol. The van der Waals surface area contributed by atoms with Crippen molar-refractivity contribution in [2.45, 2.75) is 118 Å². The third kappa shape index (κ3) is 8.91. The van der Waals surface area contributed by atoms with Gasteiger partial charge in [0, 0.05) is 37.6 Å². The van der Waals surface area contributed by atoms with Crippen LogP contribution in [-0.2, 0) is 29.3 Å². The van der Waals surface area contributed by atoms with Crippen molar-refractivity contribution in [2.24, 2.45) is 34.5 Å². The van der Waals surface area contributed by atoms with Crippen LogP contribution >= 0.6 is 0 Å². The van der Waals surface area contributed by atoms with Crippen molar-refractivity contribution >= 4 is 5.91 Å². The predicted octanol–water partition coefficient (Wildman–Crippen LogP) is 5.42. The number of nitrogens with one attached hydrogen (secondary N) is 1. The molecule has 2 aromatic rings. The maximum atomic E-state index is 14.2. The SMILES string of the molecule is C[C@@H]1[C@@H](NC(=O)[C@@H]2[C@H]([C@H](C)O)[C@H](CO)ON2Cc2cccc(CN(Cc3cccc(O)c3)[C@H](CN(C)C)CC(C)(C)C)c2)C[C@@H]2C[C@H]1C2(C)C. The van der Waals surface area contributed by atoms with Crippen LogP contribution in [0.3, 0.4) is 0 Å². The van der Waals surface area contributed by atoms with Gasteiger partial charge in [0.05, 0.1) is 19.3 Å². The zero-order chi connectivity index (χ0) is 36.5. The number of aliphatic hydroxyl groups excluding tert-OH is 2. The van der Waals surface area contributed by atoms with E-state index in [2.05, 4.69) is 101 Å². The summed E-state index contributed by atoms with van der Waals surface area (Å²) in [5.74, 6) is 1.15. The molecule has 9 atom stereocenters. The van der Waals surface area contributed by atoms with Gasteiger partial charge in [-0.2, -0.15) is 5.06 Å². The zero-order valence-corrected chi connectivity index (χ0v) is 32.0. The molecule has 3 saturated carbocycles. The fraction of sp³-hybridized carbons (Fsp3) is 0.683. The Morgan fingerprint density at radius 2 is 1.70 bits per heavy atom. The normalized spacial score (nSPS) is 29.2. The quantitative estimate of drug-likeness (QED) is 0.208. The summed E-state index contributed by atoms with van der Waals surface area (Å²) in [4.78, 5) is 25.2. The average Bonchev–Trinajstić information content (AvgIpc) is 3.39. The smallest absolute Gasteiger partial charge is 0.240 e. The van der Waals surface area contributed by atoms with E-state index in [0.717, 1.165) is 36.1 Å². The number of aliphatic hydroxyl groups is 2. The van der Waals surface area contributed by atoms with E-state index in [4.69, 9.17) is 4.84 Å². The van der Waals surface area contributed by atoms with Gasteiger partial charge in [-0.25, -0.2) is 0 Å². The van der Waals surface area contributed by atoms with E-state index >= 15 is 0 Å². The summed E-state index contributed by atoms with van der Waals surface area (Å²) in [5.41, 5.74) is 3.64. The fourth-order valence-corrected chi connectivity index (χ4v) is 9.37. The third-order valence-electron chi connectivity index (χ3n) is 12.0. The van der Waals surface area contributed by atoms with E-state index in [9.17, 15) is 20.1 Å². The number of likely N-dealkylation sites (N-methyl/N-ethyl adjacent to an activating group) is 1. The topological polar surface area (TPSA) is 109 Å². The van der Waals surface area contributed by atoms with E-state index in [0.29, 0.717) is 42.8 Å². The van der Waals surface area contributed by atoms with Gasteiger partial charge in [-0.3, -0.25) is 14.5 Å². The van der Waals surface area contributed by atoms with Crippen LogP contribution in [0.4, 0.5) is 0 Å². The second kappa shape index (κ2) is 15.6. The number of carbonyl (C=O) groups excluding carboxylic acids is 1. The lowest BCUT2D eigenvalue weighted by molar-refractivity contribution is -0.183. The van der Waals surface area contributed by atoms with Gasteiger partial charge in [-0.1, -0.05) is 77.9 Å². The van der Waals surface area contributed by atoms with Crippen LogP contribution in [0.5, 0.6) is 5.75 Å². The molecule has 1 saturated heterocycles. The Morgan fingerprint density at radius 1 is 1.06 bits per heavy atom. The number of phenols is 1. The van der Waals surface area contributed by atoms with Gasteiger partial charge < -0.3 is 25.5 Å². The number of aromatic hydroxyl groups is 1. The number of fused-ring (bicyclic) bond motifs is 2. The fourth-order valence-electron chi connectivity index (χ4n) is 9.37. The number of hydrogen-bond donors (Lipinski definition) is 4. The Morgan fingerprint density at radius 3 is 2.26 bits per heavy atom.